The second-order valence-corrected chi connectivity index (χ2v) is 6.89. The number of thioether (sulfide) groups is 1. The first-order valence-corrected chi connectivity index (χ1v) is 8.08. The maximum atomic E-state index is 12.3. The highest BCUT2D eigenvalue weighted by Gasteiger charge is 2.35. The van der Waals surface area contributed by atoms with Crippen molar-refractivity contribution < 1.29 is 4.79 Å². The fraction of sp³-hybridized carbons (Fsp3) is 0.923. The minimum absolute atomic E-state index is 0.182. The second kappa shape index (κ2) is 6.26. The van der Waals surface area contributed by atoms with Crippen LogP contribution in [0.2, 0.25) is 0 Å². The number of nitrogens with one attached hydrogen (secondary N) is 2. The number of carbonyl (C=O) groups is 1. The predicted molar refractivity (Wildman–Crippen MR) is 77.0 cm³/mol. The zero-order chi connectivity index (χ0) is 13.0. The van der Waals surface area contributed by atoms with Crippen LogP contribution in [-0.4, -0.2) is 60.6 Å². The van der Waals surface area contributed by atoms with Crippen LogP contribution in [0.25, 0.3) is 0 Å². The summed E-state index contributed by atoms with van der Waals surface area (Å²) in [5.41, 5.74) is -0.381. The molecule has 1 unspecified atom stereocenters. The molecule has 1 atom stereocenters. The summed E-state index contributed by atoms with van der Waals surface area (Å²) in [6.45, 7) is 8.81. The fourth-order valence-corrected chi connectivity index (χ4v) is 3.85. The second-order valence-electron chi connectivity index (χ2n) is 5.74. The van der Waals surface area contributed by atoms with Crippen molar-refractivity contribution in [3.05, 3.63) is 0 Å². The van der Waals surface area contributed by atoms with Crippen molar-refractivity contribution in [2.24, 2.45) is 5.92 Å². The van der Waals surface area contributed by atoms with Crippen molar-refractivity contribution in [1.29, 1.82) is 0 Å². The molecule has 0 radical (unpaired) electrons. The molecule has 2 fully saturated rings. The van der Waals surface area contributed by atoms with Crippen molar-refractivity contribution in [3.8, 4) is 0 Å². The van der Waals surface area contributed by atoms with E-state index in [9.17, 15) is 4.79 Å². The van der Waals surface area contributed by atoms with Gasteiger partial charge in [0.1, 0.15) is 0 Å². The summed E-state index contributed by atoms with van der Waals surface area (Å²) in [4.78, 5) is 14.6. The average molecular weight is 271 g/mol. The summed E-state index contributed by atoms with van der Waals surface area (Å²) in [5, 5.41) is 6.47. The summed E-state index contributed by atoms with van der Waals surface area (Å²) >= 11 is 2.00. The summed E-state index contributed by atoms with van der Waals surface area (Å²) < 4.78 is 0. The molecule has 2 heterocycles. The average Bonchev–Trinajstić information content (AvgIpc) is 2.90. The van der Waals surface area contributed by atoms with Gasteiger partial charge in [0.2, 0.25) is 5.91 Å². The topological polar surface area (TPSA) is 44.4 Å². The van der Waals surface area contributed by atoms with Crippen LogP contribution < -0.4 is 10.6 Å². The van der Waals surface area contributed by atoms with E-state index in [4.69, 9.17) is 0 Å². The Balaban J connectivity index is 1.81. The Kier molecular flexibility index (Phi) is 4.92. The first-order valence-electron chi connectivity index (χ1n) is 6.92. The third-order valence-electron chi connectivity index (χ3n) is 4.04. The first kappa shape index (κ1) is 14.2. The molecule has 104 valence electrons. The monoisotopic (exact) mass is 271 g/mol. The summed E-state index contributed by atoms with van der Waals surface area (Å²) in [6.07, 6.45) is 1.25. The van der Waals surface area contributed by atoms with Gasteiger partial charge in [0.25, 0.3) is 0 Å². The summed E-state index contributed by atoms with van der Waals surface area (Å²) in [5.74, 6) is 3.31. The van der Waals surface area contributed by atoms with Gasteiger partial charge >= 0.3 is 0 Å². The van der Waals surface area contributed by atoms with Gasteiger partial charge in [0.15, 0.2) is 0 Å². The van der Waals surface area contributed by atoms with Crippen molar-refractivity contribution in [3.63, 3.8) is 0 Å². The van der Waals surface area contributed by atoms with Crippen LogP contribution in [0.1, 0.15) is 20.3 Å². The van der Waals surface area contributed by atoms with Gasteiger partial charge in [-0.3, -0.25) is 9.69 Å². The Morgan fingerprint density at radius 1 is 1.44 bits per heavy atom. The van der Waals surface area contributed by atoms with Gasteiger partial charge in [-0.2, -0.15) is 11.8 Å². The molecule has 0 bridgehead atoms. The van der Waals surface area contributed by atoms with E-state index >= 15 is 0 Å². The normalized spacial score (nSPS) is 26.2. The van der Waals surface area contributed by atoms with Crippen LogP contribution in [0.5, 0.6) is 0 Å². The Bertz CT molecular complexity index is 284. The van der Waals surface area contributed by atoms with E-state index in [2.05, 4.69) is 15.5 Å². The molecule has 18 heavy (non-hydrogen) atoms. The molecule has 4 nitrogen and oxygen atoms in total. The molecule has 0 aromatic rings. The molecular formula is C13H25N3OS. The number of piperazine rings is 1. The molecule has 0 spiro atoms. The van der Waals surface area contributed by atoms with Gasteiger partial charge in [-0.25, -0.2) is 0 Å². The molecule has 2 aliphatic rings. The lowest BCUT2D eigenvalue weighted by atomic mass is 10.00. The van der Waals surface area contributed by atoms with Crippen molar-refractivity contribution in [2.75, 3.05) is 44.2 Å². The smallest absolute Gasteiger partial charge is 0.239 e. The Labute approximate surface area is 114 Å². The van der Waals surface area contributed by atoms with E-state index in [1.165, 1.54) is 17.9 Å². The van der Waals surface area contributed by atoms with Crippen molar-refractivity contribution >= 4 is 17.7 Å². The van der Waals surface area contributed by atoms with E-state index in [0.717, 1.165) is 32.7 Å². The number of hydrogen-bond acceptors (Lipinski definition) is 4. The Hall–Kier alpha value is -0.260. The summed E-state index contributed by atoms with van der Waals surface area (Å²) in [6, 6.07) is 0. The van der Waals surface area contributed by atoms with Crippen molar-refractivity contribution in [2.45, 2.75) is 25.8 Å². The molecule has 2 saturated heterocycles. The van der Waals surface area contributed by atoms with Crippen LogP contribution in [0.4, 0.5) is 0 Å². The van der Waals surface area contributed by atoms with Gasteiger partial charge < -0.3 is 10.6 Å². The van der Waals surface area contributed by atoms with Gasteiger partial charge in [0, 0.05) is 32.7 Å². The maximum absolute atomic E-state index is 12.3. The molecular weight excluding hydrogens is 246 g/mol. The predicted octanol–water partition coefficient (Wildman–Crippen LogP) is 0.540. The minimum Gasteiger partial charge on any atom is -0.354 e. The Morgan fingerprint density at radius 2 is 2.17 bits per heavy atom. The van der Waals surface area contributed by atoms with Crippen LogP contribution in [0.3, 0.4) is 0 Å². The van der Waals surface area contributed by atoms with Crippen molar-refractivity contribution in [1.82, 2.24) is 15.5 Å². The zero-order valence-electron chi connectivity index (χ0n) is 11.5. The van der Waals surface area contributed by atoms with E-state index in [1.54, 1.807) is 0 Å². The lowest BCUT2D eigenvalue weighted by Crippen LogP contribution is -2.60. The maximum Gasteiger partial charge on any atom is 0.239 e. The molecule has 0 aliphatic carbocycles. The highest BCUT2D eigenvalue weighted by atomic mass is 32.2. The molecule has 2 N–H and O–H groups in total. The quantitative estimate of drug-likeness (QED) is 0.783. The summed E-state index contributed by atoms with van der Waals surface area (Å²) in [7, 11) is 0. The molecule has 0 aromatic carbocycles. The molecule has 0 saturated carbocycles. The van der Waals surface area contributed by atoms with Gasteiger partial charge in [-0.15, -0.1) is 0 Å². The number of rotatable bonds is 4. The standard InChI is InChI=1S/C13H25N3OS/c1-13(2,16-6-4-14-5-7-16)12(17)15-9-11-3-8-18-10-11/h11,14H,3-10H2,1-2H3,(H,15,17). The van der Waals surface area contributed by atoms with Crippen LogP contribution >= 0.6 is 11.8 Å². The van der Waals surface area contributed by atoms with Crippen LogP contribution in [0, 0.1) is 5.92 Å². The molecule has 2 rings (SSSR count). The lowest BCUT2D eigenvalue weighted by Gasteiger charge is -2.40. The van der Waals surface area contributed by atoms with E-state index in [-0.39, 0.29) is 11.4 Å². The Morgan fingerprint density at radius 3 is 2.78 bits per heavy atom. The fourth-order valence-electron chi connectivity index (χ4n) is 2.57. The first-order chi connectivity index (χ1) is 8.60. The third kappa shape index (κ3) is 3.39. The SMILES string of the molecule is CC(C)(C(=O)NCC1CCSC1)N1CCNCC1. The molecule has 1 amide bonds. The molecule has 2 aliphatic heterocycles. The van der Waals surface area contributed by atoms with E-state index in [1.807, 2.05) is 25.6 Å². The lowest BCUT2D eigenvalue weighted by molar-refractivity contribution is -0.132. The van der Waals surface area contributed by atoms with Crippen LogP contribution in [0.15, 0.2) is 0 Å². The molecule has 0 aromatic heterocycles. The highest BCUT2D eigenvalue weighted by Crippen LogP contribution is 2.23. The third-order valence-corrected chi connectivity index (χ3v) is 5.27. The number of carbonyl (C=O) groups excluding carboxylic acids is 1. The van der Waals surface area contributed by atoms with Crippen LogP contribution in [-0.2, 0) is 4.79 Å². The van der Waals surface area contributed by atoms with E-state index in [0.29, 0.717) is 5.92 Å². The molecule has 5 heteroatoms. The highest BCUT2D eigenvalue weighted by molar-refractivity contribution is 7.99. The van der Waals surface area contributed by atoms with Gasteiger partial charge in [-0.05, 0) is 37.7 Å². The van der Waals surface area contributed by atoms with Gasteiger partial charge in [-0.1, -0.05) is 0 Å². The minimum atomic E-state index is -0.381. The number of nitrogens with zero attached hydrogens (tertiary/aromatic N) is 1. The van der Waals surface area contributed by atoms with Gasteiger partial charge in [0.05, 0.1) is 5.54 Å². The van der Waals surface area contributed by atoms with E-state index < -0.39 is 0 Å². The number of hydrogen-bond donors (Lipinski definition) is 2. The zero-order valence-corrected chi connectivity index (χ0v) is 12.3. The largest absolute Gasteiger partial charge is 0.354 e. The number of amides is 1.